The molecule has 0 aromatic heterocycles. The Bertz CT molecular complexity index is 814. The van der Waals surface area contributed by atoms with Crippen LogP contribution in [0.2, 0.25) is 0 Å². The van der Waals surface area contributed by atoms with Gasteiger partial charge in [0.05, 0.1) is 14.2 Å². The van der Waals surface area contributed by atoms with Crippen molar-refractivity contribution in [3.8, 4) is 11.5 Å². The van der Waals surface area contributed by atoms with Gasteiger partial charge in [0.1, 0.15) is 16.4 Å². The van der Waals surface area contributed by atoms with E-state index in [1.165, 1.54) is 24.6 Å². The molecule has 0 atom stereocenters. The normalized spacial score (nSPS) is 19.7. The molecule has 0 bridgehead atoms. The molecule has 162 valence electrons. The molecule has 2 saturated heterocycles. The van der Waals surface area contributed by atoms with E-state index in [2.05, 4.69) is 0 Å². The second kappa shape index (κ2) is 9.32. The predicted molar refractivity (Wildman–Crippen MR) is 108 cm³/mol. The van der Waals surface area contributed by atoms with Crippen molar-refractivity contribution in [2.45, 2.75) is 49.6 Å². The highest BCUT2D eigenvalue weighted by Gasteiger charge is 2.36. The SMILES string of the molecule is COc1ccc(OC)c(S(=O)(=O)N2CCC(N(C(C)=O)C3CCOCC3)CC2)c1. The van der Waals surface area contributed by atoms with Crippen molar-refractivity contribution in [3.63, 3.8) is 0 Å². The maximum atomic E-state index is 13.2. The maximum absolute atomic E-state index is 13.2. The number of hydrogen-bond donors (Lipinski definition) is 0. The zero-order chi connectivity index (χ0) is 21.0. The smallest absolute Gasteiger partial charge is 0.246 e. The number of carbonyl (C=O) groups is 1. The second-order valence-electron chi connectivity index (χ2n) is 7.42. The first kappa shape index (κ1) is 21.9. The summed E-state index contributed by atoms with van der Waals surface area (Å²) in [6.07, 6.45) is 2.89. The third kappa shape index (κ3) is 4.67. The number of sulfonamides is 1. The van der Waals surface area contributed by atoms with Gasteiger partial charge in [-0.15, -0.1) is 0 Å². The van der Waals surface area contributed by atoms with Crippen molar-refractivity contribution in [2.24, 2.45) is 0 Å². The van der Waals surface area contributed by atoms with Crippen LogP contribution in [0.1, 0.15) is 32.6 Å². The monoisotopic (exact) mass is 426 g/mol. The van der Waals surface area contributed by atoms with Crippen LogP contribution in [-0.2, 0) is 19.6 Å². The van der Waals surface area contributed by atoms with Gasteiger partial charge in [0.15, 0.2) is 0 Å². The highest BCUT2D eigenvalue weighted by Crippen LogP contribution is 2.33. The number of hydrogen-bond acceptors (Lipinski definition) is 6. The van der Waals surface area contributed by atoms with E-state index in [9.17, 15) is 13.2 Å². The average Bonchev–Trinajstić information content (AvgIpc) is 2.74. The molecule has 2 aliphatic rings. The predicted octanol–water partition coefficient (Wildman–Crippen LogP) is 1.88. The Hall–Kier alpha value is -1.84. The lowest BCUT2D eigenvalue weighted by atomic mass is 9.99. The van der Waals surface area contributed by atoms with Gasteiger partial charge in [0.25, 0.3) is 0 Å². The number of rotatable bonds is 6. The molecule has 0 radical (unpaired) electrons. The third-order valence-corrected chi connectivity index (χ3v) is 7.67. The fraction of sp³-hybridized carbons (Fsp3) is 0.650. The molecule has 1 amide bonds. The molecular weight excluding hydrogens is 396 g/mol. The highest BCUT2D eigenvalue weighted by molar-refractivity contribution is 7.89. The summed E-state index contributed by atoms with van der Waals surface area (Å²) in [6.45, 7) is 3.65. The van der Waals surface area contributed by atoms with E-state index in [0.29, 0.717) is 50.6 Å². The van der Waals surface area contributed by atoms with E-state index in [-0.39, 0.29) is 22.9 Å². The number of nitrogens with zero attached hydrogens (tertiary/aromatic N) is 2. The summed E-state index contributed by atoms with van der Waals surface area (Å²) in [5, 5.41) is 0. The molecule has 2 aliphatic heterocycles. The van der Waals surface area contributed by atoms with E-state index in [1.54, 1.807) is 19.1 Å². The van der Waals surface area contributed by atoms with E-state index in [1.807, 2.05) is 4.90 Å². The van der Waals surface area contributed by atoms with Crippen molar-refractivity contribution in [1.82, 2.24) is 9.21 Å². The van der Waals surface area contributed by atoms with Crippen LogP contribution in [0.15, 0.2) is 23.1 Å². The molecule has 0 unspecified atom stereocenters. The summed E-state index contributed by atoms with van der Waals surface area (Å²) in [5.41, 5.74) is 0. The molecule has 0 aliphatic carbocycles. The van der Waals surface area contributed by atoms with Gasteiger partial charge in [-0.25, -0.2) is 8.42 Å². The highest BCUT2D eigenvalue weighted by atomic mass is 32.2. The quantitative estimate of drug-likeness (QED) is 0.691. The van der Waals surface area contributed by atoms with Crippen molar-refractivity contribution in [2.75, 3.05) is 40.5 Å². The van der Waals surface area contributed by atoms with E-state index < -0.39 is 10.0 Å². The van der Waals surface area contributed by atoms with Crippen LogP contribution < -0.4 is 9.47 Å². The average molecular weight is 427 g/mol. The molecule has 9 heteroatoms. The van der Waals surface area contributed by atoms with Crippen LogP contribution in [0.5, 0.6) is 11.5 Å². The van der Waals surface area contributed by atoms with E-state index in [0.717, 1.165) is 12.8 Å². The van der Waals surface area contributed by atoms with Gasteiger partial charge in [-0.3, -0.25) is 4.79 Å². The molecule has 2 heterocycles. The fourth-order valence-electron chi connectivity index (χ4n) is 4.26. The van der Waals surface area contributed by atoms with E-state index >= 15 is 0 Å². The number of piperidine rings is 1. The fourth-order valence-corrected chi connectivity index (χ4v) is 5.90. The van der Waals surface area contributed by atoms with Gasteiger partial charge in [-0.2, -0.15) is 4.31 Å². The van der Waals surface area contributed by atoms with Crippen LogP contribution >= 0.6 is 0 Å². The summed E-state index contributed by atoms with van der Waals surface area (Å²) in [7, 11) is -0.780. The molecule has 29 heavy (non-hydrogen) atoms. The Morgan fingerprint density at radius 3 is 2.24 bits per heavy atom. The molecule has 8 nitrogen and oxygen atoms in total. The zero-order valence-electron chi connectivity index (χ0n) is 17.3. The van der Waals surface area contributed by atoms with E-state index in [4.69, 9.17) is 14.2 Å². The summed E-state index contributed by atoms with van der Waals surface area (Å²) in [4.78, 5) is 14.4. The number of benzene rings is 1. The molecule has 1 aromatic carbocycles. The van der Waals surface area contributed by atoms with Crippen molar-refractivity contribution in [3.05, 3.63) is 18.2 Å². The van der Waals surface area contributed by atoms with Gasteiger partial charge in [-0.1, -0.05) is 0 Å². The Labute approximate surface area is 172 Å². The first-order valence-corrected chi connectivity index (χ1v) is 11.4. The van der Waals surface area contributed by atoms with Crippen molar-refractivity contribution in [1.29, 1.82) is 0 Å². The lowest BCUT2D eigenvalue weighted by Gasteiger charge is -2.43. The molecule has 0 saturated carbocycles. The minimum atomic E-state index is -3.73. The molecular formula is C20H30N2O6S. The Morgan fingerprint density at radius 1 is 1.07 bits per heavy atom. The van der Waals surface area contributed by atoms with Gasteiger partial charge in [0, 0.05) is 51.4 Å². The molecule has 0 spiro atoms. The van der Waals surface area contributed by atoms with Crippen molar-refractivity contribution < 1.29 is 27.4 Å². The molecule has 1 aromatic rings. The minimum Gasteiger partial charge on any atom is -0.497 e. The number of methoxy groups -OCH3 is 2. The van der Waals surface area contributed by atoms with Gasteiger partial charge in [0.2, 0.25) is 15.9 Å². The maximum Gasteiger partial charge on any atom is 0.246 e. The van der Waals surface area contributed by atoms with Crippen LogP contribution in [0.3, 0.4) is 0 Å². The largest absolute Gasteiger partial charge is 0.497 e. The first-order valence-electron chi connectivity index (χ1n) is 9.97. The van der Waals surface area contributed by atoms with Crippen LogP contribution in [0.25, 0.3) is 0 Å². The third-order valence-electron chi connectivity index (χ3n) is 5.75. The Balaban J connectivity index is 1.75. The first-order chi connectivity index (χ1) is 13.9. The molecule has 2 fully saturated rings. The Morgan fingerprint density at radius 2 is 1.69 bits per heavy atom. The standard InChI is InChI=1S/C20H30N2O6S/c1-15(23)22(17-8-12-28-13-9-17)16-6-10-21(11-7-16)29(24,25)20-14-18(26-2)4-5-19(20)27-3/h4-5,14,16-17H,6-13H2,1-3H3. The number of amides is 1. The molecule has 0 N–H and O–H groups in total. The van der Waals surface area contributed by atoms with Crippen LogP contribution in [0.4, 0.5) is 0 Å². The summed E-state index contributed by atoms with van der Waals surface area (Å²) in [5.74, 6) is 0.801. The lowest BCUT2D eigenvalue weighted by molar-refractivity contribution is -0.137. The lowest BCUT2D eigenvalue weighted by Crippen LogP contribution is -2.53. The zero-order valence-corrected chi connectivity index (χ0v) is 18.1. The molecule has 3 rings (SSSR count). The summed E-state index contributed by atoms with van der Waals surface area (Å²) in [6, 6.07) is 4.98. The van der Waals surface area contributed by atoms with Gasteiger partial charge < -0.3 is 19.1 Å². The van der Waals surface area contributed by atoms with Gasteiger partial charge >= 0.3 is 0 Å². The summed E-state index contributed by atoms with van der Waals surface area (Å²) >= 11 is 0. The summed E-state index contributed by atoms with van der Waals surface area (Å²) < 4.78 is 43.8. The minimum absolute atomic E-state index is 0.0488. The van der Waals surface area contributed by atoms with Gasteiger partial charge in [-0.05, 0) is 37.8 Å². The van der Waals surface area contributed by atoms with Crippen molar-refractivity contribution >= 4 is 15.9 Å². The number of ether oxygens (including phenoxy) is 3. The van der Waals surface area contributed by atoms with Crippen LogP contribution in [-0.4, -0.2) is 76.1 Å². The second-order valence-corrected chi connectivity index (χ2v) is 9.33. The topological polar surface area (TPSA) is 85.4 Å². The number of carbonyl (C=O) groups excluding carboxylic acids is 1. The Kier molecular flexibility index (Phi) is 7.02. The van der Waals surface area contributed by atoms with Crippen LogP contribution in [0, 0.1) is 0 Å².